The fourth-order valence-corrected chi connectivity index (χ4v) is 4.50. The van der Waals surface area contributed by atoms with Crippen molar-refractivity contribution in [2.24, 2.45) is 0 Å². The summed E-state index contributed by atoms with van der Waals surface area (Å²) in [6.45, 7) is 5.41. The fourth-order valence-electron chi connectivity index (χ4n) is 3.23. The summed E-state index contributed by atoms with van der Waals surface area (Å²) in [5.74, 6) is 0.682. The highest BCUT2D eigenvalue weighted by Gasteiger charge is 2.23. The molecule has 1 aliphatic heterocycles. The standard InChI is InChI=1S/C19H24N2O3S/c1-3-24-16-8-9-19(14(2)12-16)25(22,23)21-13-18-17-7-5-4-6-15(17)10-11-20-18/h4-9,12,18,20-21H,3,10-11,13H2,1-2H3. The average Bonchev–Trinajstić information content (AvgIpc) is 2.60. The molecule has 0 radical (unpaired) electrons. The van der Waals surface area contributed by atoms with E-state index in [1.165, 1.54) is 11.1 Å². The molecule has 6 heteroatoms. The van der Waals surface area contributed by atoms with Crippen molar-refractivity contribution in [3.63, 3.8) is 0 Å². The van der Waals surface area contributed by atoms with Crippen LogP contribution in [0.4, 0.5) is 0 Å². The van der Waals surface area contributed by atoms with Crippen molar-refractivity contribution in [1.29, 1.82) is 0 Å². The first-order valence-electron chi connectivity index (χ1n) is 8.55. The van der Waals surface area contributed by atoms with Crippen molar-refractivity contribution in [1.82, 2.24) is 10.0 Å². The number of ether oxygens (including phenoxy) is 1. The van der Waals surface area contributed by atoms with Gasteiger partial charge in [0.15, 0.2) is 0 Å². The van der Waals surface area contributed by atoms with Crippen molar-refractivity contribution in [3.8, 4) is 5.75 Å². The third kappa shape index (κ3) is 4.03. The van der Waals surface area contributed by atoms with Crippen LogP contribution in [0.2, 0.25) is 0 Å². The molecule has 0 amide bonds. The van der Waals surface area contributed by atoms with Gasteiger partial charge in [-0.2, -0.15) is 0 Å². The van der Waals surface area contributed by atoms with E-state index in [0.717, 1.165) is 13.0 Å². The van der Waals surface area contributed by atoms with E-state index in [9.17, 15) is 8.42 Å². The second-order valence-electron chi connectivity index (χ2n) is 6.17. The van der Waals surface area contributed by atoms with E-state index in [2.05, 4.69) is 22.2 Å². The Morgan fingerprint density at radius 1 is 1.24 bits per heavy atom. The van der Waals surface area contributed by atoms with Gasteiger partial charge in [0.2, 0.25) is 10.0 Å². The highest BCUT2D eigenvalue weighted by molar-refractivity contribution is 7.89. The van der Waals surface area contributed by atoms with E-state index in [-0.39, 0.29) is 6.04 Å². The second-order valence-corrected chi connectivity index (χ2v) is 7.90. The molecular formula is C19H24N2O3S. The van der Waals surface area contributed by atoms with Crippen LogP contribution < -0.4 is 14.8 Å². The molecule has 0 saturated heterocycles. The normalized spacial score (nSPS) is 17.1. The van der Waals surface area contributed by atoms with Gasteiger partial charge in [-0.15, -0.1) is 0 Å². The molecule has 0 bridgehead atoms. The maximum absolute atomic E-state index is 12.7. The zero-order chi connectivity index (χ0) is 17.9. The predicted molar refractivity (Wildman–Crippen MR) is 98.4 cm³/mol. The van der Waals surface area contributed by atoms with Gasteiger partial charge in [-0.05, 0) is 61.7 Å². The monoisotopic (exact) mass is 360 g/mol. The molecular weight excluding hydrogens is 336 g/mol. The van der Waals surface area contributed by atoms with Crippen molar-refractivity contribution in [2.75, 3.05) is 19.7 Å². The first-order valence-corrected chi connectivity index (χ1v) is 10.0. The van der Waals surface area contributed by atoms with Gasteiger partial charge >= 0.3 is 0 Å². The third-order valence-electron chi connectivity index (χ3n) is 4.44. The van der Waals surface area contributed by atoms with Crippen LogP contribution in [0.5, 0.6) is 5.75 Å². The number of fused-ring (bicyclic) bond motifs is 1. The summed E-state index contributed by atoms with van der Waals surface area (Å²) in [7, 11) is -3.57. The zero-order valence-electron chi connectivity index (χ0n) is 14.6. The SMILES string of the molecule is CCOc1ccc(S(=O)(=O)NCC2NCCc3ccccc32)c(C)c1. The minimum absolute atomic E-state index is 0.0114. The van der Waals surface area contributed by atoms with E-state index in [1.807, 2.05) is 19.1 Å². The number of hydrogen-bond donors (Lipinski definition) is 2. The van der Waals surface area contributed by atoms with Crippen LogP contribution in [0, 0.1) is 6.92 Å². The second kappa shape index (κ2) is 7.56. The first kappa shape index (κ1) is 17.9. The third-order valence-corrected chi connectivity index (χ3v) is 6.02. The minimum Gasteiger partial charge on any atom is -0.494 e. The summed E-state index contributed by atoms with van der Waals surface area (Å²) < 4.78 is 33.6. The number of aryl methyl sites for hydroxylation is 1. The molecule has 0 aromatic heterocycles. The van der Waals surface area contributed by atoms with E-state index in [0.29, 0.717) is 29.4 Å². The Kier molecular flexibility index (Phi) is 5.42. The molecule has 1 atom stereocenters. The van der Waals surface area contributed by atoms with Crippen LogP contribution in [-0.2, 0) is 16.4 Å². The maximum Gasteiger partial charge on any atom is 0.240 e. The number of hydrogen-bond acceptors (Lipinski definition) is 4. The maximum atomic E-state index is 12.7. The molecule has 1 unspecified atom stereocenters. The van der Waals surface area contributed by atoms with Crippen molar-refractivity contribution in [2.45, 2.75) is 31.2 Å². The Morgan fingerprint density at radius 3 is 2.80 bits per heavy atom. The smallest absolute Gasteiger partial charge is 0.240 e. The van der Waals surface area contributed by atoms with Crippen LogP contribution in [0.25, 0.3) is 0 Å². The lowest BCUT2D eigenvalue weighted by Crippen LogP contribution is -2.38. The van der Waals surface area contributed by atoms with Gasteiger partial charge in [-0.3, -0.25) is 0 Å². The highest BCUT2D eigenvalue weighted by Crippen LogP contribution is 2.24. The summed E-state index contributed by atoms with van der Waals surface area (Å²) in [6, 6.07) is 13.2. The van der Waals surface area contributed by atoms with Gasteiger partial charge < -0.3 is 10.1 Å². The van der Waals surface area contributed by atoms with Crippen LogP contribution in [0.15, 0.2) is 47.4 Å². The lowest BCUT2D eigenvalue weighted by molar-refractivity contribution is 0.339. The molecule has 2 aromatic rings. The average molecular weight is 360 g/mol. The molecule has 25 heavy (non-hydrogen) atoms. The van der Waals surface area contributed by atoms with Gasteiger partial charge in [0.1, 0.15) is 5.75 Å². The molecule has 1 heterocycles. The summed E-state index contributed by atoms with van der Waals surface area (Å²) in [5.41, 5.74) is 3.12. The molecule has 2 aromatic carbocycles. The summed E-state index contributed by atoms with van der Waals surface area (Å²) in [4.78, 5) is 0.292. The Hall–Kier alpha value is -1.89. The predicted octanol–water partition coefficient (Wildman–Crippen LogP) is 2.56. The largest absolute Gasteiger partial charge is 0.494 e. The van der Waals surface area contributed by atoms with Gasteiger partial charge in [0.05, 0.1) is 11.5 Å². The Morgan fingerprint density at radius 2 is 2.04 bits per heavy atom. The number of rotatable bonds is 6. The quantitative estimate of drug-likeness (QED) is 0.831. The molecule has 0 fully saturated rings. The molecule has 0 spiro atoms. The summed E-state index contributed by atoms with van der Waals surface area (Å²) in [5, 5.41) is 3.39. The number of benzene rings is 2. The van der Waals surface area contributed by atoms with E-state index < -0.39 is 10.0 Å². The van der Waals surface area contributed by atoms with Crippen LogP contribution >= 0.6 is 0 Å². The van der Waals surface area contributed by atoms with E-state index in [4.69, 9.17) is 4.74 Å². The van der Waals surface area contributed by atoms with Crippen LogP contribution in [-0.4, -0.2) is 28.1 Å². The zero-order valence-corrected chi connectivity index (χ0v) is 15.4. The minimum atomic E-state index is -3.57. The first-order chi connectivity index (χ1) is 12.0. The Labute approximate surface area is 149 Å². The Balaban J connectivity index is 1.75. The van der Waals surface area contributed by atoms with Gasteiger partial charge in [0, 0.05) is 12.6 Å². The molecule has 134 valence electrons. The lowest BCUT2D eigenvalue weighted by Gasteiger charge is -2.27. The highest BCUT2D eigenvalue weighted by atomic mass is 32.2. The van der Waals surface area contributed by atoms with Gasteiger partial charge in [0.25, 0.3) is 0 Å². The topological polar surface area (TPSA) is 67.4 Å². The lowest BCUT2D eigenvalue weighted by atomic mass is 9.95. The Bertz CT molecular complexity index is 849. The molecule has 0 aliphatic carbocycles. The van der Waals surface area contributed by atoms with Crippen LogP contribution in [0.1, 0.15) is 29.7 Å². The van der Waals surface area contributed by atoms with Crippen molar-refractivity contribution < 1.29 is 13.2 Å². The van der Waals surface area contributed by atoms with Gasteiger partial charge in [-0.1, -0.05) is 24.3 Å². The summed E-state index contributed by atoms with van der Waals surface area (Å²) >= 11 is 0. The van der Waals surface area contributed by atoms with Crippen LogP contribution in [0.3, 0.4) is 0 Å². The molecule has 0 saturated carbocycles. The molecule has 2 N–H and O–H groups in total. The van der Waals surface area contributed by atoms with Crippen molar-refractivity contribution in [3.05, 3.63) is 59.2 Å². The van der Waals surface area contributed by atoms with Crippen molar-refractivity contribution >= 4 is 10.0 Å². The van der Waals surface area contributed by atoms with E-state index >= 15 is 0 Å². The number of sulfonamides is 1. The van der Waals surface area contributed by atoms with E-state index in [1.54, 1.807) is 25.1 Å². The molecule has 1 aliphatic rings. The van der Waals surface area contributed by atoms with Gasteiger partial charge in [-0.25, -0.2) is 13.1 Å². The number of nitrogens with one attached hydrogen (secondary N) is 2. The fraction of sp³-hybridized carbons (Fsp3) is 0.368. The molecule has 5 nitrogen and oxygen atoms in total. The molecule has 3 rings (SSSR count). The summed E-state index contributed by atoms with van der Waals surface area (Å²) in [6.07, 6.45) is 0.970.